The Kier molecular flexibility index (Phi) is 4.90. The quantitative estimate of drug-likeness (QED) is 0.408. The van der Waals surface area contributed by atoms with Gasteiger partial charge in [-0.1, -0.05) is 0 Å². The van der Waals surface area contributed by atoms with Crippen molar-refractivity contribution in [1.82, 2.24) is 5.32 Å². The molecule has 2 aromatic rings. The monoisotopic (exact) mass is 468 g/mol. The molecule has 34 heavy (non-hydrogen) atoms. The van der Waals surface area contributed by atoms with Gasteiger partial charge in [-0.3, -0.25) is 25.0 Å². The molecule has 1 N–H and O–H groups in total. The summed E-state index contributed by atoms with van der Waals surface area (Å²) in [4.78, 5) is 53.9. The molecular formula is C23H21FN4O6. The molecule has 5 rings (SSSR count). The van der Waals surface area contributed by atoms with E-state index in [0.29, 0.717) is 17.8 Å². The smallest absolute Gasteiger partial charge is 0.335 e. The van der Waals surface area contributed by atoms with Crippen molar-refractivity contribution >= 4 is 34.9 Å². The number of nitro groups is 1. The Morgan fingerprint density at radius 1 is 1.15 bits per heavy atom. The number of benzene rings is 2. The van der Waals surface area contributed by atoms with Crippen LogP contribution in [0, 0.1) is 21.3 Å². The number of urea groups is 1. The SMILES string of the molecule is C[C@@H]1O[C@@H](C)CN2c3ccc([N+](=O)[O-])cc3C[C@]3(C(=O)NC(=O)N(c4ccc(F)cc4)C3=O)[C@H]12. The number of morpholine rings is 1. The van der Waals surface area contributed by atoms with Crippen LogP contribution in [0.5, 0.6) is 0 Å². The Hall–Kier alpha value is -3.86. The fourth-order valence-electron chi connectivity index (χ4n) is 5.45. The van der Waals surface area contributed by atoms with Crippen LogP contribution in [0.15, 0.2) is 42.5 Å². The molecule has 2 aromatic carbocycles. The number of carbonyl (C=O) groups is 3. The summed E-state index contributed by atoms with van der Waals surface area (Å²) in [6.07, 6.45) is -0.978. The maximum Gasteiger partial charge on any atom is 0.335 e. The van der Waals surface area contributed by atoms with Gasteiger partial charge in [0, 0.05) is 30.8 Å². The highest BCUT2D eigenvalue weighted by Gasteiger charge is 2.65. The van der Waals surface area contributed by atoms with Crippen LogP contribution in [0.25, 0.3) is 0 Å². The molecule has 4 amide bonds. The number of fused-ring (bicyclic) bond motifs is 4. The van der Waals surface area contributed by atoms with Gasteiger partial charge in [0.2, 0.25) is 5.91 Å². The topological polar surface area (TPSA) is 122 Å². The van der Waals surface area contributed by atoms with Crippen LogP contribution < -0.4 is 15.1 Å². The summed E-state index contributed by atoms with van der Waals surface area (Å²) in [5, 5.41) is 13.7. The second-order valence-corrected chi connectivity index (χ2v) is 8.84. The van der Waals surface area contributed by atoms with Crippen LogP contribution in [0.1, 0.15) is 19.4 Å². The Bertz CT molecular complexity index is 1230. The number of non-ortho nitro benzene ring substituents is 1. The third kappa shape index (κ3) is 3.07. The molecule has 0 radical (unpaired) electrons. The third-order valence-electron chi connectivity index (χ3n) is 6.74. The van der Waals surface area contributed by atoms with Crippen molar-refractivity contribution in [3.05, 3.63) is 64.0 Å². The largest absolute Gasteiger partial charge is 0.372 e. The molecule has 1 spiro atoms. The van der Waals surface area contributed by atoms with E-state index in [0.717, 1.165) is 17.0 Å². The zero-order valence-electron chi connectivity index (χ0n) is 18.4. The zero-order chi connectivity index (χ0) is 24.4. The molecule has 3 aliphatic heterocycles. The van der Waals surface area contributed by atoms with Crippen LogP contribution in [0.3, 0.4) is 0 Å². The summed E-state index contributed by atoms with van der Waals surface area (Å²) >= 11 is 0. The van der Waals surface area contributed by atoms with E-state index in [4.69, 9.17) is 4.74 Å². The number of nitrogens with zero attached hydrogens (tertiary/aromatic N) is 3. The van der Waals surface area contributed by atoms with E-state index < -0.39 is 46.1 Å². The van der Waals surface area contributed by atoms with Crippen molar-refractivity contribution in [2.45, 2.75) is 38.5 Å². The third-order valence-corrected chi connectivity index (χ3v) is 6.74. The lowest BCUT2D eigenvalue weighted by Gasteiger charge is -2.56. The molecule has 11 heteroatoms. The lowest BCUT2D eigenvalue weighted by molar-refractivity contribution is -0.384. The van der Waals surface area contributed by atoms with Gasteiger partial charge in [0.25, 0.3) is 11.6 Å². The van der Waals surface area contributed by atoms with E-state index in [-0.39, 0.29) is 23.9 Å². The van der Waals surface area contributed by atoms with Crippen molar-refractivity contribution in [2.75, 3.05) is 16.3 Å². The number of hydrogen-bond donors (Lipinski definition) is 1. The number of nitrogens with one attached hydrogen (secondary N) is 1. The number of amides is 4. The minimum Gasteiger partial charge on any atom is -0.372 e. The van der Waals surface area contributed by atoms with Crippen molar-refractivity contribution in [2.24, 2.45) is 5.41 Å². The first-order valence-electron chi connectivity index (χ1n) is 10.8. The van der Waals surface area contributed by atoms with Gasteiger partial charge < -0.3 is 9.64 Å². The van der Waals surface area contributed by atoms with E-state index in [2.05, 4.69) is 5.32 Å². The Morgan fingerprint density at radius 3 is 2.53 bits per heavy atom. The molecule has 10 nitrogen and oxygen atoms in total. The molecule has 0 aliphatic carbocycles. The van der Waals surface area contributed by atoms with E-state index in [1.54, 1.807) is 13.0 Å². The zero-order valence-corrected chi connectivity index (χ0v) is 18.4. The average Bonchev–Trinajstić information content (AvgIpc) is 2.78. The van der Waals surface area contributed by atoms with Gasteiger partial charge in [-0.25, -0.2) is 14.1 Å². The first-order chi connectivity index (χ1) is 16.1. The van der Waals surface area contributed by atoms with Crippen LogP contribution in [-0.4, -0.2) is 47.6 Å². The van der Waals surface area contributed by atoms with Gasteiger partial charge in [-0.05, 0) is 49.7 Å². The highest BCUT2D eigenvalue weighted by atomic mass is 19.1. The highest BCUT2D eigenvalue weighted by molar-refractivity contribution is 6.30. The van der Waals surface area contributed by atoms with Gasteiger partial charge >= 0.3 is 6.03 Å². The van der Waals surface area contributed by atoms with Gasteiger partial charge in [0.15, 0.2) is 5.41 Å². The molecule has 3 heterocycles. The number of hydrogen-bond acceptors (Lipinski definition) is 7. The minimum absolute atomic E-state index is 0.102. The normalized spacial score (nSPS) is 28.4. The van der Waals surface area contributed by atoms with Crippen LogP contribution in [0.2, 0.25) is 0 Å². The van der Waals surface area contributed by atoms with Gasteiger partial charge in [0.05, 0.1) is 28.9 Å². The summed E-state index contributed by atoms with van der Waals surface area (Å²) in [5.41, 5.74) is -0.746. The van der Waals surface area contributed by atoms with Crippen molar-refractivity contribution in [3.8, 4) is 0 Å². The average molecular weight is 468 g/mol. The number of rotatable bonds is 2. The van der Waals surface area contributed by atoms with Gasteiger partial charge in [-0.2, -0.15) is 0 Å². The molecule has 0 unspecified atom stereocenters. The van der Waals surface area contributed by atoms with E-state index in [1.807, 2.05) is 11.8 Å². The first kappa shape index (κ1) is 22.0. The number of anilines is 2. The van der Waals surface area contributed by atoms with Crippen molar-refractivity contribution in [3.63, 3.8) is 0 Å². The Labute approximate surface area is 193 Å². The molecule has 176 valence electrons. The molecule has 3 aliphatic rings. The highest BCUT2D eigenvalue weighted by Crippen LogP contribution is 2.48. The molecule has 2 fully saturated rings. The fraction of sp³-hybridized carbons (Fsp3) is 0.348. The maximum absolute atomic E-state index is 14.1. The molecule has 2 saturated heterocycles. The summed E-state index contributed by atoms with van der Waals surface area (Å²) in [6.45, 7) is 3.95. The summed E-state index contributed by atoms with van der Waals surface area (Å²) in [5.74, 6) is -2.13. The Balaban J connectivity index is 1.70. The molecular weight excluding hydrogens is 447 g/mol. The van der Waals surface area contributed by atoms with Gasteiger partial charge in [-0.15, -0.1) is 0 Å². The fourth-order valence-corrected chi connectivity index (χ4v) is 5.45. The van der Waals surface area contributed by atoms with E-state index in [1.165, 1.54) is 24.3 Å². The minimum atomic E-state index is -1.80. The molecule has 4 atom stereocenters. The first-order valence-corrected chi connectivity index (χ1v) is 10.8. The standard InChI is InChI=1S/C23H21FN4O6/c1-12-11-26-18-8-7-17(28(32)33)9-14(18)10-23(19(26)13(2)34-12)20(29)25-22(31)27(21(23)30)16-5-3-15(24)4-6-16/h3-9,12-13,19H,10-11H2,1-2H3,(H,25,29,31)/t12-,13-,19-,23+/m0/s1. The second-order valence-electron chi connectivity index (χ2n) is 8.84. The van der Waals surface area contributed by atoms with E-state index in [9.17, 15) is 28.9 Å². The predicted molar refractivity (Wildman–Crippen MR) is 118 cm³/mol. The lowest BCUT2D eigenvalue weighted by atomic mass is 9.66. The second kappa shape index (κ2) is 7.59. The molecule has 0 aromatic heterocycles. The number of ether oxygens (including phenoxy) is 1. The number of imide groups is 2. The predicted octanol–water partition coefficient (Wildman–Crippen LogP) is 2.54. The summed E-state index contributed by atoms with van der Waals surface area (Å²) in [7, 11) is 0. The Morgan fingerprint density at radius 2 is 1.85 bits per heavy atom. The van der Waals surface area contributed by atoms with Crippen molar-refractivity contribution < 1.29 is 28.4 Å². The molecule has 0 saturated carbocycles. The summed E-state index contributed by atoms with van der Waals surface area (Å²) in [6, 6.07) is 7.41. The summed E-state index contributed by atoms with van der Waals surface area (Å²) < 4.78 is 19.5. The number of barbiturate groups is 1. The maximum atomic E-state index is 14.1. The van der Waals surface area contributed by atoms with Crippen molar-refractivity contribution in [1.29, 1.82) is 0 Å². The number of carbonyl (C=O) groups excluding carboxylic acids is 3. The van der Waals surface area contributed by atoms with Gasteiger partial charge in [0.1, 0.15) is 5.82 Å². The van der Waals surface area contributed by atoms with Crippen LogP contribution >= 0.6 is 0 Å². The lowest BCUT2D eigenvalue weighted by Crippen LogP contribution is -2.76. The molecule has 0 bridgehead atoms. The number of halogens is 1. The van der Waals surface area contributed by atoms with Crippen LogP contribution in [0.4, 0.5) is 26.2 Å². The van der Waals surface area contributed by atoms with E-state index >= 15 is 0 Å². The number of nitro benzene ring substituents is 1. The van der Waals surface area contributed by atoms with Crippen LogP contribution in [-0.2, 0) is 20.7 Å².